The molecule has 102 valence electrons. The van der Waals surface area contributed by atoms with Crippen LogP contribution in [0, 0.1) is 5.41 Å². The number of hydrogen-bond acceptors (Lipinski definition) is 2. The van der Waals surface area contributed by atoms with E-state index in [1.165, 1.54) is 12.5 Å². The maximum Gasteiger partial charge on any atom is 0.160 e. The third kappa shape index (κ3) is 3.21. The quantitative estimate of drug-likeness (QED) is 0.633. The summed E-state index contributed by atoms with van der Waals surface area (Å²) in [4.78, 5) is 11.6. The monoisotopic (exact) mass is 265 g/mol. The van der Waals surface area contributed by atoms with Crippen LogP contribution in [0.15, 0.2) is 59.7 Å². The number of ketones is 1. The van der Waals surface area contributed by atoms with E-state index >= 15 is 0 Å². The predicted octanol–water partition coefficient (Wildman–Crippen LogP) is 4.48. The minimum Gasteiger partial charge on any atom is -0.300 e. The van der Waals surface area contributed by atoms with Crippen molar-refractivity contribution in [3.05, 3.63) is 70.8 Å². The summed E-state index contributed by atoms with van der Waals surface area (Å²) in [5.74, 6) is -0.00631. The largest absolute Gasteiger partial charge is 0.300 e. The van der Waals surface area contributed by atoms with Crippen LogP contribution >= 0.6 is 0 Å². The smallest absolute Gasteiger partial charge is 0.160 e. The van der Waals surface area contributed by atoms with Crippen molar-refractivity contribution >= 4 is 11.5 Å². The lowest BCUT2D eigenvalue weighted by molar-refractivity contribution is 0.101. The highest BCUT2D eigenvalue weighted by Crippen LogP contribution is 2.19. The Morgan fingerprint density at radius 2 is 1.85 bits per heavy atom. The first-order chi connectivity index (χ1) is 9.59. The van der Waals surface area contributed by atoms with Crippen molar-refractivity contribution < 1.29 is 4.79 Å². The molecule has 0 saturated carbocycles. The van der Waals surface area contributed by atoms with Crippen LogP contribution in [-0.2, 0) is 0 Å². The molecule has 20 heavy (non-hydrogen) atoms. The summed E-state index contributed by atoms with van der Waals surface area (Å²) in [6, 6.07) is 7.29. The minimum absolute atomic E-state index is 0.00631. The molecule has 0 fully saturated rings. The average Bonchev–Trinajstić information content (AvgIpc) is 2.48. The van der Waals surface area contributed by atoms with Crippen molar-refractivity contribution in [2.24, 2.45) is 0 Å². The number of hydrogen-bond donors (Lipinski definition) is 1. The first-order valence-electron chi connectivity index (χ1n) is 6.84. The summed E-state index contributed by atoms with van der Waals surface area (Å²) in [7, 11) is 0. The molecule has 1 N–H and O–H groups in total. The van der Waals surface area contributed by atoms with E-state index < -0.39 is 0 Å². The SMILES string of the molecule is CC(=O)c1ccccc1C(=N)/C=C(\C)C1=CCCC=C1. The van der Waals surface area contributed by atoms with Crippen LogP contribution in [0.1, 0.15) is 42.6 Å². The summed E-state index contributed by atoms with van der Waals surface area (Å²) in [5.41, 5.74) is 3.91. The second-order valence-electron chi connectivity index (χ2n) is 4.98. The number of carbonyl (C=O) groups excluding carboxylic acids is 1. The van der Waals surface area contributed by atoms with Gasteiger partial charge in [-0.05, 0) is 43.9 Å². The molecule has 0 heterocycles. The lowest BCUT2D eigenvalue weighted by atomic mass is 9.95. The molecular formula is C18H19NO. The van der Waals surface area contributed by atoms with E-state index in [2.05, 4.69) is 18.2 Å². The zero-order valence-electron chi connectivity index (χ0n) is 11.9. The second-order valence-corrected chi connectivity index (χ2v) is 4.98. The Bertz CT molecular complexity index is 633. The van der Waals surface area contributed by atoms with Crippen LogP contribution in [0.3, 0.4) is 0 Å². The van der Waals surface area contributed by atoms with Gasteiger partial charge in [0.25, 0.3) is 0 Å². The maximum atomic E-state index is 11.6. The molecule has 0 spiro atoms. The van der Waals surface area contributed by atoms with Crippen molar-refractivity contribution in [2.75, 3.05) is 0 Å². The van der Waals surface area contributed by atoms with Crippen molar-refractivity contribution in [1.82, 2.24) is 0 Å². The van der Waals surface area contributed by atoms with Crippen LogP contribution < -0.4 is 0 Å². The Balaban J connectivity index is 2.30. The van der Waals surface area contributed by atoms with Crippen LogP contribution in [0.5, 0.6) is 0 Å². The highest BCUT2D eigenvalue weighted by Gasteiger charge is 2.10. The fourth-order valence-corrected chi connectivity index (χ4v) is 2.31. The summed E-state index contributed by atoms with van der Waals surface area (Å²) < 4.78 is 0. The molecule has 0 atom stereocenters. The topological polar surface area (TPSA) is 40.9 Å². The lowest BCUT2D eigenvalue weighted by Crippen LogP contribution is -2.05. The van der Waals surface area contributed by atoms with Gasteiger partial charge >= 0.3 is 0 Å². The number of Topliss-reactive ketones (excluding diaryl/α,β-unsaturated/α-hetero) is 1. The van der Waals surface area contributed by atoms with E-state index in [0.29, 0.717) is 16.8 Å². The molecule has 1 aromatic carbocycles. The van der Waals surface area contributed by atoms with Gasteiger partial charge in [-0.1, -0.05) is 42.5 Å². The van der Waals surface area contributed by atoms with Gasteiger partial charge < -0.3 is 5.41 Å². The number of rotatable bonds is 4. The van der Waals surface area contributed by atoms with E-state index in [4.69, 9.17) is 5.41 Å². The average molecular weight is 265 g/mol. The predicted molar refractivity (Wildman–Crippen MR) is 83.5 cm³/mol. The normalized spacial score (nSPS) is 14.9. The Morgan fingerprint density at radius 1 is 1.15 bits per heavy atom. The molecule has 1 aromatic rings. The Kier molecular flexibility index (Phi) is 4.46. The molecule has 0 bridgehead atoms. The first-order valence-corrected chi connectivity index (χ1v) is 6.84. The third-order valence-electron chi connectivity index (χ3n) is 3.41. The van der Waals surface area contributed by atoms with Gasteiger partial charge in [0.1, 0.15) is 0 Å². The molecule has 0 aliphatic heterocycles. The van der Waals surface area contributed by atoms with Crippen LogP contribution in [0.25, 0.3) is 0 Å². The first kappa shape index (κ1) is 14.2. The molecule has 0 amide bonds. The van der Waals surface area contributed by atoms with Gasteiger partial charge in [-0.15, -0.1) is 0 Å². The molecule has 1 aliphatic rings. The number of allylic oxidation sites excluding steroid dienone is 6. The highest BCUT2D eigenvalue weighted by atomic mass is 16.1. The van der Waals surface area contributed by atoms with Gasteiger partial charge in [0.2, 0.25) is 0 Å². The second kappa shape index (κ2) is 6.29. The van der Waals surface area contributed by atoms with Crippen LogP contribution in [0.2, 0.25) is 0 Å². The number of carbonyl (C=O) groups is 1. The fraction of sp³-hybridized carbons (Fsp3) is 0.222. The maximum absolute atomic E-state index is 11.6. The van der Waals surface area contributed by atoms with Crippen molar-refractivity contribution in [3.8, 4) is 0 Å². The van der Waals surface area contributed by atoms with Gasteiger partial charge in [0, 0.05) is 11.1 Å². The van der Waals surface area contributed by atoms with Crippen LogP contribution in [0.4, 0.5) is 0 Å². The molecule has 0 saturated heterocycles. The minimum atomic E-state index is -0.00631. The van der Waals surface area contributed by atoms with Gasteiger partial charge in [0.05, 0.1) is 5.71 Å². The fourth-order valence-electron chi connectivity index (χ4n) is 2.31. The molecular weight excluding hydrogens is 246 g/mol. The molecule has 2 rings (SSSR count). The molecule has 1 aliphatic carbocycles. The molecule has 0 unspecified atom stereocenters. The van der Waals surface area contributed by atoms with E-state index in [1.54, 1.807) is 6.07 Å². The van der Waals surface area contributed by atoms with Crippen LogP contribution in [-0.4, -0.2) is 11.5 Å². The Labute approximate surface area is 120 Å². The third-order valence-corrected chi connectivity index (χ3v) is 3.41. The molecule has 2 heteroatoms. The van der Waals surface area contributed by atoms with E-state index in [-0.39, 0.29) is 5.78 Å². The Morgan fingerprint density at radius 3 is 2.45 bits per heavy atom. The Hall–Kier alpha value is -2.22. The van der Waals surface area contributed by atoms with E-state index in [1.807, 2.05) is 31.2 Å². The summed E-state index contributed by atoms with van der Waals surface area (Å²) >= 11 is 0. The summed E-state index contributed by atoms with van der Waals surface area (Å²) in [6.07, 6.45) is 10.4. The molecule has 0 aromatic heterocycles. The molecule has 0 radical (unpaired) electrons. The lowest BCUT2D eigenvalue weighted by Gasteiger charge is -2.09. The summed E-state index contributed by atoms with van der Waals surface area (Å²) in [5, 5.41) is 8.23. The van der Waals surface area contributed by atoms with Gasteiger partial charge in [-0.25, -0.2) is 0 Å². The zero-order chi connectivity index (χ0) is 14.5. The van der Waals surface area contributed by atoms with Crippen molar-refractivity contribution in [3.63, 3.8) is 0 Å². The van der Waals surface area contributed by atoms with E-state index in [9.17, 15) is 4.79 Å². The standard InChI is InChI=1S/C18H19NO/c1-13(15-8-4-3-5-9-15)12-18(19)17-11-7-6-10-16(17)14(2)20/h4,6-12,19H,3,5H2,1-2H3/b13-12+,19-18?. The summed E-state index contributed by atoms with van der Waals surface area (Å²) in [6.45, 7) is 3.54. The van der Waals surface area contributed by atoms with E-state index in [0.717, 1.165) is 18.4 Å². The zero-order valence-corrected chi connectivity index (χ0v) is 11.9. The number of benzene rings is 1. The van der Waals surface area contributed by atoms with Gasteiger partial charge in [0.15, 0.2) is 5.78 Å². The van der Waals surface area contributed by atoms with Gasteiger partial charge in [-0.2, -0.15) is 0 Å². The highest BCUT2D eigenvalue weighted by molar-refractivity contribution is 6.14. The van der Waals surface area contributed by atoms with Crippen molar-refractivity contribution in [2.45, 2.75) is 26.7 Å². The number of nitrogens with one attached hydrogen (secondary N) is 1. The van der Waals surface area contributed by atoms with Crippen molar-refractivity contribution in [1.29, 1.82) is 5.41 Å². The van der Waals surface area contributed by atoms with Gasteiger partial charge in [-0.3, -0.25) is 4.79 Å². The molecule has 2 nitrogen and oxygen atoms in total.